The minimum atomic E-state index is -3.62. The first-order chi connectivity index (χ1) is 14.2. The number of benzene rings is 2. The molecule has 1 atom stereocenters. The van der Waals surface area contributed by atoms with Gasteiger partial charge in [0.05, 0.1) is 9.92 Å². The Hall–Kier alpha value is -2.68. The van der Waals surface area contributed by atoms with E-state index in [2.05, 4.69) is 15.2 Å². The van der Waals surface area contributed by atoms with Gasteiger partial charge in [0.2, 0.25) is 10.0 Å². The molecule has 3 rings (SSSR count). The van der Waals surface area contributed by atoms with Crippen LogP contribution in [0, 0.1) is 6.92 Å². The smallest absolute Gasteiger partial charge is 0.261 e. The maximum Gasteiger partial charge on any atom is 0.261 e. The molecule has 1 unspecified atom stereocenters. The largest absolute Gasteiger partial charge is 0.360 e. The summed E-state index contributed by atoms with van der Waals surface area (Å²) in [5, 5.41) is 7.18. The molecule has 1 amide bonds. The molecule has 158 valence electrons. The Morgan fingerprint density at radius 1 is 1.17 bits per heavy atom. The van der Waals surface area contributed by atoms with E-state index in [4.69, 9.17) is 16.1 Å². The van der Waals surface area contributed by atoms with E-state index in [-0.39, 0.29) is 16.5 Å². The first-order valence-corrected chi connectivity index (χ1v) is 11.2. The zero-order valence-corrected chi connectivity index (χ0v) is 18.3. The third-order valence-corrected chi connectivity index (χ3v) is 6.54. The van der Waals surface area contributed by atoms with Crippen LogP contribution >= 0.6 is 11.6 Å². The van der Waals surface area contributed by atoms with Gasteiger partial charge in [0.25, 0.3) is 5.91 Å². The molecule has 0 bridgehead atoms. The standard InChI is InChI=1S/C21H22ClN3O4S/c1-4-13(2)25-30(27,28)16-11-9-15(10-12-16)23-21(26)19-14(3)29-24-20(19)17-7-5-6-8-18(17)22/h5-13,25H,4H2,1-3H3,(H,23,26). The first kappa shape index (κ1) is 22.0. The van der Waals surface area contributed by atoms with E-state index in [1.165, 1.54) is 24.3 Å². The lowest BCUT2D eigenvalue weighted by atomic mass is 10.1. The third-order valence-electron chi connectivity index (χ3n) is 4.61. The molecule has 1 heterocycles. The van der Waals surface area contributed by atoms with Crippen molar-refractivity contribution in [1.29, 1.82) is 0 Å². The van der Waals surface area contributed by atoms with Crippen LogP contribution in [0.15, 0.2) is 57.9 Å². The van der Waals surface area contributed by atoms with Gasteiger partial charge in [-0.1, -0.05) is 41.9 Å². The lowest BCUT2D eigenvalue weighted by Gasteiger charge is -2.12. The van der Waals surface area contributed by atoms with Crippen molar-refractivity contribution in [2.45, 2.75) is 38.1 Å². The van der Waals surface area contributed by atoms with Gasteiger partial charge in [-0.25, -0.2) is 13.1 Å². The summed E-state index contributed by atoms with van der Waals surface area (Å²) >= 11 is 6.24. The van der Waals surface area contributed by atoms with Crippen molar-refractivity contribution >= 4 is 33.2 Å². The molecule has 0 aliphatic heterocycles. The van der Waals surface area contributed by atoms with E-state index in [1.807, 2.05) is 6.92 Å². The van der Waals surface area contributed by atoms with Crippen molar-refractivity contribution in [2.75, 3.05) is 5.32 Å². The zero-order chi connectivity index (χ0) is 21.9. The summed E-state index contributed by atoms with van der Waals surface area (Å²) in [6.45, 7) is 5.33. The number of anilines is 1. The minimum Gasteiger partial charge on any atom is -0.360 e. The van der Waals surface area contributed by atoms with Crippen LogP contribution in [0.5, 0.6) is 0 Å². The molecule has 3 aromatic rings. The van der Waals surface area contributed by atoms with Gasteiger partial charge in [-0.2, -0.15) is 0 Å². The number of carbonyl (C=O) groups is 1. The Morgan fingerprint density at radius 3 is 2.47 bits per heavy atom. The summed E-state index contributed by atoms with van der Waals surface area (Å²) in [6, 6.07) is 12.8. The summed E-state index contributed by atoms with van der Waals surface area (Å²) in [5.41, 5.74) is 1.62. The highest BCUT2D eigenvalue weighted by Crippen LogP contribution is 2.31. The summed E-state index contributed by atoms with van der Waals surface area (Å²) in [4.78, 5) is 13.0. The quantitative estimate of drug-likeness (QED) is 0.549. The number of nitrogens with one attached hydrogen (secondary N) is 2. The van der Waals surface area contributed by atoms with Gasteiger partial charge >= 0.3 is 0 Å². The molecule has 2 aromatic carbocycles. The van der Waals surface area contributed by atoms with Crippen molar-refractivity contribution in [1.82, 2.24) is 9.88 Å². The second kappa shape index (κ2) is 8.99. The highest BCUT2D eigenvalue weighted by molar-refractivity contribution is 7.89. The Morgan fingerprint density at radius 2 is 1.83 bits per heavy atom. The van der Waals surface area contributed by atoms with Gasteiger partial charge in [0.1, 0.15) is 17.0 Å². The van der Waals surface area contributed by atoms with Gasteiger partial charge in [-0.3, -0.25) is 4.79 Å². The fraction of sp³-hybridized carbons (Fsp3) is 0.238. The number of amides is 1. The normalized spacial score (nSPS) is 12.5. The molecule has 0 saturated carbocycles. The fourth-order valence-corrected chi connectivity index (χ4v) is 4.36. The molecule has 0 aliphatic rings. The number of aryl methyl sites for hydroxylation is 1. The van der Waals surface area contributed by atoms with E-state index in [0.717, 1.165) is 0 Å². The van der Waals surface area contributed by atoms with Crippen molar-refractivity contribution in [3.8, 4) is 11.3 Å². The molecular formula is C21H22ClN3O4S. The van der Waals surface area contributed by atoms with Gasteiger partial charge in [0, 0.05) is 17.3 Å². The first-order valence-electron chi connectivity index (χ1n) is 9.38. The molecule has 1 aromatic heterocycles. The van der Waals surface area contributed by atoms with Crippen molar-refractivity contribution < 1.29 is 17.7 Å². The zero-order valence-electron chi connectivity index (χ0n) is 16.8. The molecule has 9 heteroatoms. The van der Waals surface area contributed by atoms with Gasteiger partial charge in [-0.15, -0.1) is 0 Å². The Bertz CT molecular complexity index is 1160. The average Bonchev–Trinajstić information content (AvgIpc) is 3.09. The molecule has 0 spiro atoms. The van der Waals surface area contributed by atoms with Crippen LogP contribution < -0.4 is 10.0 Å². The topological polar surface area (TPSA) is 101 Å². The SMILES string of the molecule is CCC(C)NS(=O)(=O)c1ccc(NC(=O)c2c(-c3ccccc3Cl)noc2C)cc1. The fourth-order valence-electron chi connectivity index (χ4n) is 2.80. The third kappa shape index (κ3) is 4.72. The van der Waals surface area contributed by atoms with Gasteiger partial charge in [-0.05, 0) is 50.6 Å². The van der Waals surface area contributed by atoms with E-state index in [1.54, 1.807) is 38.1 Å². The summed E-state index contributed by atoms with van der Waals surface area (Å²) in [5.74, 6) is -0.0867. The van der Waals surface area contributed by atoms with Crippen LogP contribution in [-0.4, -0.2) is 25.5 Å². The Balaban J connectivity index is 1.83. The van der Waals surface area contributed by atoms with Crippen LogP contribution in [0.2, 0.25) is 5.02 Å². The molecule has 7 nitrogen and oxygen atoms in total. The van der Waals surface area contributed by atoms with Crippen molar-refractivity contribution in [3.05, 3.63) is 64.9 Å². The van der Waals surface area contributed by atoms with Crippen LogP contribution in [0.25, 0.3) is 11.3 Å². The lowest BCUT2D eigenvalue weighted by molar-refractivity contribution is 0.102. The molecule has 0 saturated heterocycles. The van der Waals surface area contributed by atoms with Crippen LogP contribution in [0.3, 0.4) is 0 Å². The lowest BCUT2D eigenvalue weighted by Crippen LogP contribution is -2.31. The summed E-state index contributed by atoms with van der Waals surface area (Å²) in [7, 11) is -3.62. The molecule has 0 radical (unpaired) electrons. The van der Waals surface area contributed by atoms with E-state index in [0.29, 0.717) is 34.1 Å². The highest BCUT2D eigenvalue weighted by Gasteiger charge is 2.23. The number of aromatic nitrogens is 1. The molecule has 0 aliphatic carbocycles. The average molecular weight is 448 g/mol. The monoisotopic (exact) mass is 447 g/mol. The van der Waals surface area contributed by atoms with Crippen molar-refractivity contribution in [2.24, 2.45) is 0 Å². The maximum atomic E-state index is 12.9. The van der Waals surface area contributed by atoms with Gasteiger partial charge in [0.15, 0.2) is 0 Å². The minimum absolute atomic E-state index is 0.124. The molecule has 0 fully saturated rings. The molecule has 2 N–H and O–H groups in total. The predicted molar refractivity (Wildman–Crippen MR) is 116 cm³/mol. The predicted octanol–water partition coefficient (Wildman–Crippen LogP) is 4.63. The van der Waals surface area contributed by atoms with Crippen LogP contribution in [0.1, 0.15) is 36.4 Å². The van der Waals surface area contributed by atoms with Gasteiger partial charge < -0.3 is 9.84 Å². The van der Waals surface area contributed by atoms with E-state index >= 15 is 0 Å². The molecular weight excluding hydrogens is 426 g/mol. The molecule has 30 heavy (non-hydrogen) atoms. The van der Waals surface area contributed by atoms with E-state index in [9.17, 15) is 13.2 Å². The number of rotatable bonds is 7. The van der Waals surface area contributed by atoms with Crippen molar-refractivity contribution in [3.63, 3.8) is 0 Å². The second-order valence-electron chi connectivity index (χ2n) is 6.85. The highest BCUT2D eigenvalue weighted by atomic mass is 35.5. The van der Waals surface area contributed by atoms with Crippen LogP contribution in [-0.2, 0) is 10.0 Å². The maximum absolute atomic E-state index is 12.9. The second-order valence-corrected chi connectivity index (χ2v) is 8.97. The summed E-state index contributed by atoms with van der Waals surface area (Å²) in [6.07, 6.45) is 0.680. The number of carbonyl (C=O) groups excluding carboxylic acids is 1. The Kier molecular flexibility index (Phi) is 6.60. The number of hydrogen-bond acceptors (Lipinski definition) is 5. The number of halogens is 1. The Labute approximate surface area is 180 Å². The van der Waals surface area contributed by atoms with E-state index < -0.39 is 15.9 Å². The number of nitrogens with zero attached hydrogens (tertiary/aromatic N) is 1. The number of hydrogen-bond donors (Lipinski definition) is 2. The number of sulfonamides is 1. The summed E-state index contributed by atoms with van der Waals surface area (Å²) < 4.78 is 32.5. The van der Waals surface area contributed by atoms with Crippen LogP contribution in [0.4, 0.5) is 5.69 Å².